The van der Waals surface area contributed by atoms with Gasteiger partial charge in [0.15, 0.2) is 12.4 Å². The Kier molecular flexibility index (Phi) is 4.35. The molecule has 0 aliphatic rings. The van der Waals surface area contributed by atoms with Crippen molar-refractivity contribution < 1.29 is 13.9 Å². The molecule has 0 spiro atoms. The van der Waals surface area contributed by atoms with Crippen LogP contribution >= 0.6 is 0 Å². The normalized spacial score (nSPS) is 10.4. The Morgan fingerprint density at radius 3 is 2.85 bits per heavy atom. The van der Waals surface area contributed by atoms with Crippen LogP contribution in [0, 0.1) is 18.3 Å². The van der Waals surface area contributed by atoms with Gasteiger partial charge in [0, 0.05) is 5.56 Å². The van der Waals surface area contributed by atoms with Crippen molar-refractivity contribution in [2.75, 3.05) is 6.61 Å². The molecule has 0 aliphatic heterocycles. The van der Waals surface area contributed by atoms with Gasteiger partial charge in [-0.15, -0.1) is 0 Å². The van der Waals surface area contributed by atoms with Crippen molar-refractivity contribution in [3.8, 4) is 11.8 Å². The second-order valence-corrected chi connectivity index (χ2v) is 4.09. The van der Waals surface area contributed by atoms with Crippen molar-refractivity contribution in [3.63, 3.8) is 0 Å². The summed E-state index contributed by atoms with van der Waals surface area (Å²) in [4.78, 5) is 11.9. The van der Waals surface area contributed by atoms with Gasteiger partial charge in [-0.2, -0.15) is 5.26 Å². The van der Waals surface area contributed by atoms with E-state index in [9.17, 15) is 4.79 Å². The smallest absolute Gasteiger partial charge is 0.221 e. The maximum absolute atomic E-state index is 11.9. The average molecular weight is 267 g/mol. The van der Waals surface area contributed by atoms with Gasteiger partial charge in [-0.25, -0.2) is 0 Å². The van der Waals surface area contributed by atoms with Gasteiger partial charge in [0.25, 0.3) is 0 Å². The van der Waals surface area contributed by atoms with Crippen LogP contribution in [0.25, 0.3) is 6.08 Å². The van der Waals surface area contributed by atoms with E-state index in [-0.39, 0.29) is 12.4 Å². The molecule has 0 aliphatic carbocycles. The van der Waals surface area contributed by atoms with Crippen LogP contribution in [0.3, 0.4) is 0 Å². The first kappa shape index (κ1) is 13.6. The van der Waals surface area contributed by atoms with Crippen LogP contribution in [-0.4, -0.2) is 12.4 Å². The van der Waals surface area contributed by atoms with Gasteiger partial charge in [-0.3, -0.25) is 4.79 Å². The quantitative estimate of drug-likeness (QED) is 0.615. The lowest BCUT2D eigenvalue weighted by Crippen LogP contribution is -1.96. The van der Waals surface area contributed by atoms with E-state index >= 15 is 0 Å². The summed E-state index contributed by atoms with van der Waals surface area (Å²) in [6, 6.07) is 12.5. The van der Waals surface area contributed by atoms with Gasteiger partial charge in [0.05, 0.1) is 0 Å². The molecule has 0 unspecified atom stereocenters. The molecule has 4 heteroatoms. The lowest BCUT2D eigenvalue weighted by molar-refractivity contribution is 0.102. The highest BCUT2D eigenvalue weighted by molar-refractivity contribution is 6.05. The highest BCUT2D eigenvalue weighted by atomic mass is 16.5. The average Bonchev–Trinajstić information content (AvgIpc) is 2.90. The van der Waals surface area contributed by atoms with Crippen LogP contribution in [0.4, 0.5) is 0 Å². The molecule has 20 heavy (non-hydrogen) atoms. The maximum Gasteiger partial charge on any atom is 0.221 e. The molecule has 1 heterocycles. The number of nitrogens with zero attached hydrogens (tertiary/aromatic N) is 1. The first-order chi connectivity index (χ1) is 9.70. The van der Waals surface area contributed by atoms with E-state index < -0.39 is 0 Å². The zero-order valence-electron chi connectivity index (χ0n) is 11.0. The van der Waals surface area contributed by atoms with Gasteiger partial charge in [0.1, 0.15) is 17.6 Å². The molecular formula is C16H13NO3. The minimum Gasteiger partial charge on any atom is -0.478 e. The van der Waals surface area contributed by atoms with Gasteiger partial charge >= 0.3 is 0 Å². The molecule has 0 amide bonds. The lowest BCUT2D eigenvalue weighted by Gasteiger charge is -2.04. The molecule has 0 bridgehead atoms. The summed E-state index contributed by atoms with van der Waals surface area (Å²) in [5, 5.41) is 8.53. The molecule has 4 nitrogen and oxygen atoms in total. The number of ether oxygens (including phenoxy) is 1. The number of para-hydroxylation sites is 1. The number of hydrogen-bond donors (Lipinski definition) is 0. The lowest BCUT2D eigenvalue weighted by atomic mass is 10.1. The van der Waals surface area contributed by atoms with E-state index in [2.05, 4.69) is 0 Å². The first-order valence-electron chi connectivity index (χ1n) is 6.08. The fourth-order valence-corrected chi connectivity index (χ4v) is 1.67. The number of nitriles is 1. The van der Waals surface area contributed by atoms with Crippen LogP contribution in [0.2, 0.25) is 0 Å². The molecular weight excluding hydrogens is 254 g/mol. The van der Waals surface area contributed by atoms with Crippen LogP contribution in [0.1, 0.15) is 21.9 Å². The summed E-state index contributed by atoms with van der Waals surface area (Å²) in [5.41, 5.74) is 0.736. The molecule has 2 rings (SSSR count). The van der Waals surface area contributed by atoms with Crippen molar-refractivity contribution in [1.29, 1.82) is 5.26 Å². The topological polar surface area (TPSA) is 63.2 Å². The molecule has 0 atom stereocenters. The Balaban J connectivity index is 2.15. The Hall–Kier alpha value is -2.80. The summed E-state index contributed by atoms with van der Waals surface area (Å²) in [7, 11) is 0. The highest BCUT2D eigenvalue weighted by Gasteiger charge is 2.06. The van der Waals surface area contributed by atoms with E-state index in [0.29, 0.717) is 17.3 Å². The molecule has 0 fully saturated rings. The zero-order valence-corrected chi connectivity index (χ0v) is 11.0. The van der Waals surface area contributed by atoms with E-state index in [1.165, 1.54) is 6.08 Å². The summed E-state index contributed by atoms with van der Waals surface area (Å²) in [6.07, 6.45) is 3.07. The number of aryl methyl sites for hydroxylation is 1. The molecule has 100 valence electrons. The van der Waals surface area contributed by atoms with Crippen molar-refractivity contribution in [1.82, 2.24) is 0 Å². The first-order valence-corrected chi connectivity index (χ1v) is 6.08. The summed E-state index contributed by atoms with van der Waals surface area (Å²) in [5.74, 6) is 1.34. The van der Waals surface area contributed by atoms with E-state index in [4.69, 9.17) is 14.4 Å². The maximum atomic E-state index is 11.9. The number of carbonyl (C=O) groups excluding carboxylic acids is 1. The van der Waals surface area contributed by atoms with Crippen LogP contribution < -0.4 is 4.74 Å². The Bertz CT molecular complexity index is 677. The third kappa shape index (κ3) is 3.36. The van der Waals surface area contributed by atoms with Crippen LogP contribution in [0.5, 0.6) is 5.75 Å². The number of allylic oxidation sites excluding steroid dienone is 1. The molecule has 0 N–H and O–H groups in total. The van der Waals surface area contributed by atoms with Crippen molar-refractivity contribution in [2.24, 2.45) is 0 Å². The van der Waals surface area contributed by atoms with Crippen LogP contribution in [-0.2, 0) is 0 Å². The number of furan rings is 1. The van der Waals surface area contributed by atoms with Crippen molar-refractivity contribution in [2.45, 2.75) is 6.92 Å². The minimum atomic E-state index is -0.215. The summed E-state index contributed by atoms with van der Waals surface area (Å²) < 4.78 is 10.5. The minimum absolute atomic E-state index is 0.0316. The molecule has 0 saturated carbocycles. The number of rotatable bonds is 5. The van der Waals surface area contributed by atoms with E-state index in [0.717, 1.165) is 5.56 Å². The van der Waals surface area contributed by atoms with Gasteiger partial charge < -0.3 is 9.15 Å². The predicted molar refractivity (Wildman–Crippen MR) is 74.4 cm³/mol. The molecule has 0 saturated heterocycles. The number of hydrogen-bond acceptors (Lipinski definition) is 4. The van der Waals surface area contributed by atoms with Gasteiger partial charge in [-0.05, 0) is 37.3 Å². The zero-order chi connectivity index (χ0) is 14.4. The van der Waals surface area contributed by atoms with E-state index in [1.54, 1.807) is 31.2 Å². The Morgan fingerprint density at radius 1 is 1.35 bits per heavy atom. The third-order valence-electron chi connectivity index (χ3n) is 2.61. The number of carbonyl (C=O) groups is 1. The molecule has 1 aromatic heterocycles. The predicted octanol–water partition coefficient (Wildman–Crippen LogP) is 3.39. The number of ketones is 1. The highest BCUT2D eigenvalue weighted by Crippen LogP contribution is 2.19. The summed E-state index contributed by atoms with van der Waals surface area (Å²) in [6.45, 7) is 1.75. The van der Waals surface area contributed by atoms with Gasteiger partial charge in [-0.1, -0.05) is 18.2 Å². The fourth-order valence-electron chi connectivity index (χ4n) is 1.67. The second-order valence-electron chi connectivity index (χ2n) is 4.09. The van der Waals surface area contributed by atoms with E-state index in [1.807, 2.05) is 24.3 Å². The van der Waals surface area contributed by atoms with Crippen molar-refractivity contribution >= 4 is 11.9 Å². The largest absolute Gasteiger partial charge is 0.478 e. The summed E-state index contributed by atoms with van der Waals surface area (Å²) >= 11 is 0. The Morgan fingerprint density at radius 2 is 2.15 bits per heavy atom. The third-order valence-corrected chi connectivity index (χ3v) is 2.61. The fraction of sp³-hybridized carbons (Fsp3) is 0.125. The monoisotopic (exact) mass is 267 g/mol. The SMILES string of the molecule is Cc1ccc(C(=O)/C=C/c2ccccc2OCC#N)o1. The molecule has 0 radical (unpaired) electrons. The number of benzene rings is 1. The van der Waals surface area contributed by atoms with Crippen LogP contribution in [0.15, 0.2) is 46.9 Å². The second kappa shape index (κ2) is 6.39. The van der Waals surface area contributed by atoms with Gasteiger partial charge in [0.2, 0.25) is 5.78 Å². The van der Waals surface area contributed by atoms with Crippen molar-refractivity contribution in [3.05, 3.63) is 59.6 Å². The molecule has 1 aromatic carbocycles. The Labute approximate surface area is 116 Å². The molecule has 2 aromatic rings. The standard InChI is InChI=1S/C16H13NO3/c1-12-6-9-16(20-12)14(18)8-7-13-4-2-3-5-15(13)19-11-10-17/h2-9H,11H2,1H3/b8-7+.